The normalized spacial score (nSPS) is 11.7. The van der Waals surface area contributed by atoms with E-state index >= 15 is 0 Å². The number of halogens is 1. The van der Waals surface area contributed by atoms with Gasteiger partial charge in [-0.1, -0.05) is 20.8 Å². The highest BCUT2D eigenvalue weighted by atomic mass is 19.1. The first kappa shape index (κ1) is 15.2. The Bertz CT molecular complexity index is 718. The van der Waals surface area contributed by atoms with Crippen molar-refractivity contribution >= 4 is 5.78 Å². The van der Waals surface area contributed by atoms with Crippen LogP contribution >= 0.6 is 0 Å². The highest BCUT2D eigenvalue weighted by molar-refractivity contribution is 5.97. The van der Waals surface area contributed by atoms with Crippen molar-refractivity contribution in [3.63, 3.8) is 0 Å². The average molecular weight is 290 g/mol. The van der Waals surface area contributed by atoms with E-state index in [0.717, 1.165) is 0 Å². The van der Waals surface area contributed by atoms with Crippen LogP contribution in [0.3, 0.4) is 0 Å². The van der Waals surface area contributed by atoms with Gasteiger partial charge in [-0.15, -0.1) is 0 Å². The van der Waals surface area contributed by atoms with E-state index in [0.29, 0.717) is 17.8 Å². The molecule has 2 rings (SSSR count). The van der Waals surface area contributed by atoms with Gasteiger partial charge in [-0.2, -0.15) is 0 Å². The lowest BCUT2D eigenvalue weighted by molar-refractivity contribution is 0.0938. The fourth-order valence-electron chi connectivity index (χ4n) is 2.22. The lowest BCUT2D eigenvalue weighted by atomic mass is 9.88. The number of Topliss-reactive ketones (excluding diaryl/α,β-unsaturated/α-hetero) is 1. The maximum Gasteiger partial charge on any atom is 0.282 e. The summed E-state index contributed by atoms with van der Waals surface area (Å²) in [4.78, 5) is 24.7. The van der Waals surface area contributed by atoms with Gasteiger partial charge in [-0.25, -0.2) is 9.07 Å². The smallest absolute Gasteiger partial charge is 0.282 e. The number of hydrogen-bond acceptors (Lipinski definition) is 2. The number of nitrogens with zero attached hydrogens (tertiary/aromatic N) is 1. The van der Waals surface area contributed by atoms with Crippen LogP contribution in [0.15, 0.2) is 29.1 Å². The van der Waals surface area contributed by atoms with E-state index in [-0.39, 0.29) is 22.6 Å². The topological polar surface area (TPSA) is 54.9 Å². The number of hydrogen-bond donors (Lipinski definition) is 1. The van der Waals surface area contributed by atoms with Gasteiger partial charge in [0.25, 0.3) is 5.56 Å². The summed E-state index contributed by atoms with van der Waals surface area (Å²) in [7, 11) is 0. The van der Waals surface area contributed by atoms with E-state index in [4.69, 9.17) is 0 Å². The summed E-state index contributed by atoms with van der Waals surface area (Å²) in [6.45, 7) is 7.54. The van der Waals surface area contributed by atoms with Crippen molar-refractivity contribution in [3.8, 4) is 5.69 Å². The largest absolute Gasteiger partial charge is 0.295 e. The van der Waals surface area contributed by atoms with Gasteiger partial charge in [-0.3, -0.25) is 14.7 Å². The quantitative estimate of drug-likeness (QED) is 0.882. The van der Waals surface area contributed by atoms with E-state index in [1.807, 2.05) is 20.8 Å². The molecule has 0 bridgehead atoms. The van der Waals surface area contributed by atoms with Gasteiger partial charge in [0.05, 0.1) is 5.69 Å². The highest BCUT2D eigenvalue weighted by Crippen LogP contribution is 2.21. The molecule has 1 heterocycles. The van der Waals surface area contributed by atoms with Crippen LogP contribution < -0.4 is 5.56 Å². The van der Waals surface area contributed by atoms with E-state index in [2.05, 4.69) is 5.10 Å². The molecule has 0 radical (unpaired) electrons. The van der Waals surface area contributed by atoms with Crippen molar-refractivity contribution in [2.45, 2.75) is 34.1 Å². The molecule has 0 saturated heterocycles. The van der Waals surface area contributed by atoms with Crippen LogP contribution in [0.1, 0.15) is 43.2 Å². The predicted octanol–water partition coefficient (Wildman–Crippen LogP) is 3.23. The third kappa shape index (κ3) is 3.29. The molecule has 0 atom stereocenters. The molecule has 1 aromatic carbocycles. The minimum atomic E-state index is -0.395. The molecule has 0 saturated carbocycles. The summed E-state index contributed by atoms with van der Waals surface area (Å²) in [5.74, 6) is -0.554. The van der Waals surface area contributed by atoms with Crippen molar-refractivity contribution in [2.75, 3.05) is 0 Å². The SMILES string of the molecule is Cc1[nH]n(-c2ccc(F)cc2)c(=O)c1C(=O)CC(C)(C)C. The lowest BCUT2D eigenvalue weighted by Gasteiger charge is -2.15. The molecule has 2 aromatic rings. The molecule has 5 heteroatoms. The van der Waals surface area contributed by atoms with Crippen molar-refractivity contribution in [3.05, 3.63) is 51.7 Å². The fourth-order valence-corrected chi connectivity index (χ4v) is 2.22. The number of rotatable bonds is 3. The van der Waals surface area contributed by atoms with Crippen LogP contribution in [0, 0.1) is 18.2 Å². The molecule has 21 heavy (non-hydrogen) atoms. The molecule has 1 N–H and O–H groups in total. The van der Waals surface area contributed by atoms with Gasteiger partial charge in [0.15, 0.2) is 5.78 Å². The van der Waals surface area contributed by atoms with Gasteiger partial charge < -0.3 is 0 Å². The van der Waals surface area contributed by atoms with Gasteiger partial charge >= 0.3 is 0 Å². The molecule has 4 nitrogen and oxygen atoms in total. The number of carbonyl (C=O) groups excluding carboxylic acids is 1. The molecule has 1 aromatic heterocycles. The summed E-state index contributed by atoms with van der Waals surface area (Å²) in [5, 5.41) is 2.88. The Morgan fingerprint density at radius 3 is 2.33 bits per heavy atom. The van der Waals surface area contributed by atoms with Gasteiger partial charge in [0, 0.05) is 12.1 Å². The second kappa shape index (κ2) is 5.31. The van der Waals surface area contributed by atoms with Crippen molar-refractivity contribution in [2.24, 2.45) is 5.41 Å². The Kier molecular flexibility index (Phi) is 3.85. The number of nitrogens with one attached hydrogen (secondary N) is 1. The van der Waals surface area contributed by atoms with Gasteiger partial charge in [0.2, 0.25) is 0 Å². The number of aromatic amines is 1. The Morgan fingerprint density at radius 1 is 1.24 bits per heavy atom. The monoisotopic (exact) mass is 290 g/mol. The van der Waals surface area contributed by atoms with E-state index < -0.39 is 5.56 Å². The Balaban J connectivity index is 2.45. The molecule has 0 unspecified atom stereocenters. The van der Waals surface area contributed by atoms with Gasteiger partial charge in [-0.05, 0) is 36.6 Å². The number of aryl methyl sites for hydroxylation is 1. The third-order valence-electron chi connectivity index (χ3n) is 3.13. The first-order valence-corrected chi connectivity index (χ1v) is 6.80. The van der Waals surface area contributed by atoms with Crippen molar-refractivity contribution in [1.29, 1.82) is 0 Å². The molecule has 0 aliphatic rings. The summed E-state index contributed by atoms with van der Waals surface area (Å²) in [6.07, 6.45) is 0.296. The van der Waals surface area contributed by atoms with E-state index in [1.165, 1.54) is 28.9 Å². The van der Waals surface area contributed by atoms with Crippen LogP contribution in [0.4, 0.5) is 4.39 Å². The zero-order valence-electron chi connectivity index (χ0n) is 12.7. The summed E-state index contributed by atoms with van der Waals surface area (Å²) in [6, 6.07) is 5.53. The van der Waals surface area contributed by atoms with Crippen LogP contribution in [-0.2, 0) is 0 Å². The van der Waals surface area contributed by atoms with Crippen molar-refractivity contribution in [1.82, 2.24) is 9.78 Å². The van der Waals surface area contributed by atoms with Crippen LogP contribution in [0.5, 0.6) is 0 Å². The maximum absolute atomic E-state index is 12.9. The second-order valence-electron chi connectivity index (χ2n) is 6.39. The first-order valence-electron chi connectivity index (χ1n) is 6.80. The number of benzene rings is 1. The molecule has 0 aliphatic carbocycles. The number of H-pyrrole nitrogens is 1. The molecule has 0 aliphatic heterocycles. The summed E-state index contributed by atoms with van der Waals surface area (Å²) in [5.41, 5.74) is 0.619. The average Bonchev–Trinajstić information content (AvgIpc) is 2.63. The van der Waals surface area contributed by atoms with E-state index in [1.54, 1.807) is 6.92 Å². The predicted molar refractivity (Wildman–Crippen MR) is 79.5 cm³/mol. The molecular weight excluding hydrogens is 271 g/mol. The molecular formula is C16H19FN2O2. The lowest BCUT2D eigenvalue weighted by Crippen LogP contribution is -2.23. The standard InChI is InChI=1S/C16H19FN2O2/c1-10-14(13(20)9-16(2,3)4)15(21)19(18-10)12-7-5-11(17)6-8-12/h5-8,18H,9H2,1-4H3. The van der Waals surface area contributed by atoms with Crippen LogP contribution in [0.25, 0.3) is 5.69 Å². The summed E-state index contributed by atoms with van der Waals surface area (Å²) >= 11 is 0. The molecule has 0 fully saturated rings. The van der Waals surface area contributed by atoms with Crippen molar-refractivity contribution < 1.29 is 9.18 Å². The van der Waals surface area contributed by atoms with Crippen LogP contribution in [0.2, 0.25) is 0 Å². The minimum Gasteiger partial charge on any atom is -0.295 e. The number of carbonyl (C=O) groups is 1. The van der Waals surface area contributed by atoms with Crippen LogP contribution in [-0.4, -0.2) is 15.6 Å². The first-order chi connectivity index (χ1) is 9.69. The second-order valence-corrected chi connectivity index (χ2v) is 6.39. The molecule has 112 valence electrons. The Hall–Kier alpha value is -2.17. The number of aromatic nitrogens is 2. The third-order valence-corrected chi connectivity index (χ3v) is 3.13. The molecule has 0 amide bonds. The Morgan fingerprint density at radius 2 is 1.81 bits per heavy atom. The summed E-state index contributed by atoms with van der Waals surface area (Å²) < 4.78 is 14.2. The number of ketones is 1. The highest BCUT2D eigenvalue weighted by Gasteiger charge is 2.24. The van der Waals surface area contributed by atoms with E-state index in [9.17, 15) is 14.0 Å². The zero-order chi connectivity index (χ0) is 15.8. The Labute approximate surface area is 122 Å². The maximum atomic E-state index is 12.9. The minimum absolute atomic E-state index is 0.175. The van der Waals surface area contributed by atoms with Gasteiger partial charge in [0.1, 0.15) is 11.4 Å². The fraction of sp³-hybridized carbons (Fsp3) is 0.375. The zero-order valence-corrected chi connectivity index (χ0v) is 12.7. The molecule has 0 spiro atoms.